The van der Waals surface area contributed by atoms with E-state index in [4.69, 9.17) is 30.0 Å². The number of nitriles is 1. The number of ether oxygens (including phenoxy) is 1. The second-order valence-corrected chi connectivity index (χ2v) is 26.4. The summed E-state index contributed by atoms with van der Waals surface area (Å²) in [5.41, 5.74) is 1.85. The number of hydrogen-bond donors (Lipinski definition) is 7. The first kappa shape index (κ1) is 67.9. The number of aryl methyl sites for hydroxylation is 1. The lowest BCUT2D eigenvalue weighted by molar-refractivity contribution is -0.114. The standard InChI is InChI=1S/C46H41N11O16S6.2O3S/c1-23-14-35(53-55-41-24(2)31(21-47)44-49-34-17-28(48-25(3)59)7-9-37(34)57(44)45(41)60)38(73-10-4-12-76(61,62)63)19-32(23)51-54-36-15-27(22-58)33(20-39(36)74-11-5-13-77(64,65)66)52-56-46-50-42-40(79(70,71)72)16-26-6-8-29(78(67,68)69)18-30(26)43(42)75-46;2*1-4(2)3/h6-9,14-20,58,60H,4-5,10-13,22H2,1-3H3,(H,48,59)(H,61,62,63)(H,64,65,66)(H,67,68,69)(H,70,71,72);;. The number of carbonyl (C=O) groups is 1. The number of imidazole rings is 1. The predicted octanol–water partition coefficient (Wildman–Crippen LogP) is 7.65. The Balaban J connectivity index is 0.00000142. The molecule has 7 N–H and O–H groups in total. The van der Waals surface area contributed by atoms with Gasteiger partial charge >= 0.3 is 21.2 Å². The van der Waals surface area contributed by atoms with Crippen molar-refractivity contribution in [3.8, 4) is 17.7 Å². The molecule has 0 bridgehead atoms. The Morgan fingerprint density at radius 1 is 0.759 bits per heavy atom. The second kappa shape index (κ2) is 28.1. The number of nitrogens with one attached hydrogen (secondary N) is 1. The Kier molecular flexibility index (Phi) is 21.9. The van der Waals surface area contributed by atoms with Gasteiger partial charge in [-0.25, -0.2) is 9.97 Å². The predicted molar refractivity (Wildman–Crippen MR) is 309 cm³/mol. The highest BCUT2D eigenvalue weighted by Crippen LogP contribution is 2.44. The summed E-state index contributed by atoms with van der Waals surface area (Å²) in [6, 6.07) is 16.9. The topological polar surface area (TPSA) is 527 Å². The summed E-state index contributed by atoms with van der Waals surface area (Å²) in [5.74, 6) is -1.96. The first-order valence-corrected chi connectivity index (χ1v) is 33.5. The number of pyridine rings is 1. The van der Waals surface area contributed by atoms with E-state index in [2.05, 4.69) is 52.0 Å². The lowest BCUT2D eigenvalue weighted by atomic mass is 10.1. The van der Waals surface area contributed by atoms with Crippen molar-refractivity contribution >= 4 is 168 Å². The van der Waals surface area contributed by atoms with Gasteiger partial charge in [0.2, 0.25) is 16.9 Å². The smallest absolute Gasteiger partial charge is 0.425 e. The van der Waals surface area contributed by atoms with E-state index in [0.717, 1.165) is 41.3 Å². The van der Waals surface area contributed by atoms with E-state index in [0.29, 0.717) is 27.2 Å². The van der Waals surface area contributed by atoms with Gasteiger partial charge in [0, 0.05) is 40.1 Å². The number of aromatic nitrogens is 3. The van der Waals surface area contributed by atoms with Crippen molar-refractivity contribution in [1.29, 1.82) is 5.26 Å². The number of aliphatic hydroxyl groups is 1. The SMILES string of the molecule is CC(=O)Nc1ccc2c(c1)nc1c(C#N)c(C)c(N=Nc3cc(C)c(N=Nc4cc(CO)c(N=Nc5nc6c(S(=O)(=O)O)cc7ccc(S(=O)(=O)O)cc7c6s5)cc4SCCCS(=O)(=O)O)cc3OCCCS(=O)(=O)O)c(O)n12.O=S(=O)=O.O=S(=O)=O. The number of hydrogen-bond acceptors (Lipinski definition) is 29. The average molecular weight is 1360 g/mol. The minimum absolute atomic E-state index is 0.0117. The Bertz CT molecular complexity index is 4920. The molecule has 87 heavy (non-hydrogen) atoms. The Morgan fingerprint density at radius 3 is 2.00 bits per heavy atom. The molecule has 1 amide bonds. The number of anilines is 1. The minimum atomic E-state index is -4.91. The van der Waals surface area contributed by atoms with Gasteiger partial charge in [0.1, 0.15) is 33.5 Å². The molecule has 8 aromatic rings. The summed E-state index contributed by atoms with van der Waals surface area (Å²) in [6.45, 7) is 3.53. The number of carbonyl (C=O) groups excluding carboxylic acids is 1. The number of fused-ring (bicyclic) bond motifs is 6. The van der Waals surface area contributed by atoms with Crippen LogP contribution in [0.1, 0.15) is 42.0 Å². The van der Waals surface area contributed by atoms with Crippen molar-refractivity contribution in [3.63, 3.8) is 0 Å². The van der Waals surface area contributed by atoms with Crippen LogP contribution in [0.15, 0.2) is 112 Å². The number of nitrogens with zero attached hydrogens (tertiary/aromatic N) is 10. The lowest BCUT2D eigenvalue weighted by Crippen LogP contribution is -2.08. The maximum atomic E-state index is 12.5. The monoisotopic (exact) mass is 1360 g/mol. The van der Waals surface area contributed by atoms with Gasteiger partial charge in [-0.05, 0) is 98.0 Å². The van der Waals surface area contributed by atoms with Crippen LogP contribution < -0.4 is 10.1 Å². The zero-order valence-electron chi connectivity index (χ0n) is 44.3. The molecule has 3 heterocycles. The summed E-state index contributed by atoms with van der Waals surface area (Å²) >= 11 is 1.81. The van der Waals surface area contributed by atoms with Crippen LogP contribution in [0.25, 0.3) is 37.7 Å². The summed E-state index contributed by atoms with van der Waals surface area (Å²) in [7, 11) is -24.6. The molecule has 3 aromatic heterocycles. The summed E-state index contributed by atoms with van der Waals surface area (Å²) in [6.07, 6.45) is -0.214. The fourth-order valence-corrected chi connectivity index (χ4v) is 12.1. The van der Waals surface area contributed by atoms with Crippen LogP contribution in [0, 0.1) is 25.2 Å². The Labute approximate surface area is 502 Å². The molecule has 0 atom stereocenters. The Morgan fingerprint density at radius 2 is 1.39 bits per heavy atom. The fraction of sp³-hybridized carbons (Fsp3) is 0.217. The molecular weight excluding hydrogens is 1320 g/mol. The van der Waals surface area contributed by atoms with Gasteiger partial charge < -0.3 is 20.3 Å². The molecule has 0 saturated carbocycles. The van der Waals surface area contributed by atoms with E-state index in [-0.39, 0.29) is 114 Å². The number of aliphatic hydroxyl groups excluding tert-OH is 1. The number of benzene rings is 5. The third-order valence-corrected chi connectivity index (χ3v) is 16.9. The normalized spacial score (nSPS) is 12.2. The van der Waals surface area contributed by atoms with E-state index in [1.807, 2.05) is 0 Å². The summed E-state index contributed by atoms with van der Waals surface area (Å²) < 4.78 is 192. The number of thiazole rings is 1. The van der Waals surface area contributed by atoms with Crippen molar-refractivity contribution in [2.75, 3.05) is 29.2 Å². The van der Waals surface area contributed by atoms with Gasteiger partial charge in [-0.2, -0.15) is 44.0 Å². The quantitative estimate of drug-likeness (QED) is 0.0167. The van der Waals surface area contributed by atoms with Crippen LogP contribution in [0.5, 0.6) is 11.6 Å². The number of amides is 1. The van der Waals surface area contributed by atoms with Gasteiger partial charge in [-0.1, -0.05) is 17.4 Å². The Hall–Kier alpha value is -8.25. The first-order chi connectivity index (χ1) is 40.6. The maximum absolute atomic E-state index is 12.5. The van der Waals surface area contributed by atoms with E-state index >= 15 is 0 Å². The van der Waals surface area contributed by atoms with Crippen LogP contribution in [0.4, 0.5) is 39.3 Å². The fourth-order valence-electron chi connectivity index (χ4n) is 7.82. The zero-order chi connectivity index (χ0) is 64.5. The largest absolute Gasteiger partial charge is 0.493 e. The summed E-state index contributed by atoms with van der Waals surface area (Å²) in [5, 5.41) is 61.2. The van der Waals surface area contributed by atoms with Crippen LogP contribution in [-0.4, -0.2) is 131 Å². The average Bonchev–Trinajstić information content (AvgIpc) is 1.67. The van der Waals surface area contributed by atoms with Gasteiger partial charge in [0.05, 0.1) is 62.4 Å². The zero-order valence-corrected chi connectivity index (χ0v) is 50.8. The van der Waals surface area contributed by atoms with Crippen LogP contribution in [-0.2, 0) is 73.1 Å². The minimum Gasteiger partial charge on any atom is -0.493 e. The molecule has 0 fully saturated rings. The first-order valence-electron chi connectivity index (χ1n) is 23.6. The number of azo groups is 3. The molecule has 0 unspecified atom stereocenters. The molecule has 0 saturated heterocycles. The summed E-state index contributed by atoms with van der Waals surface area (Å²) in [4.78, 5) is 19.6. The van der Waals surface area contributed by atoms with Crippen LogP contribution >= 0.6 is 23.1 Å². The molecule has 5 aromatic carbocycles. The molecule has 0 aliphatic heterocycles. The molecule has 0 spiro atoms. The number of aromatic hydroxyl groups is 1. The van der Waals surface area contributed by atoms with Gasteiger partial charge in [-0.15, -0.1) is 62.6 Å². The van der Waals surface area contributed by atoms with Crippen molar-refractivity contribution in [2.24, 2.45) is 30.7 Å². The lowest BCUT2D eigenvalue weighted by Gasteiger charge is -2.12. The number of rotatable bonds is 20. The van der Waals surface area contributed by atoms with E-state index in [9.17, 15) is 72.2 Å². The maximum Gasteiger partial charge on any atom is 0.425 e. The second-order valence-electron chi connectivity index (χ2n) is 17.5. The molecule has 41 heteroatoms. The van der Waals surface area contributed by atoms with Gasteiger partial charge in [-0.3, -0.25) is 27.4 Å². The van der Waals surface area contributed by atoms with Crippen molar-refractivity contribution in [3.05, 3.63) is 89.0 Å². The third-order valence-electron chi connectivity index (χ3n) is 11.4. The highest BCUT2D eigenvalue weighted by Gasteiger charge is 2.24. The van der Waals surface area contributed by atoms with E-state index in [1.54, 1.807) is 25.1 Å². The van der Waals surface area contributed by atoms with Crippen LogP contribution in [0.2, 0.25) is 0 Å². The van der Waals surface area contributed by atoms with Crippen LogP contribution in [0.3, 0.4) is 0 Å². The van der Waals surface area contributed by atoms with E-state index in [1.165, 1.54) is 48.6 Å². The highest BCUT2D eigenvalue weighted by atomic mass is 32.2. The van der Waals surface area contributed by atoms with Crippen molar-refractivity contribution < 1.29 is 96.9 Å². The molecule has 33 nitrogen and oxygen atoms in total. The van der Waals surface area contributed by atoms with Crippen molar-refractivity contribution in [2.45, 2.75) is 54.9 Å². The van der Waals surface area contributed by atoms with Gasteiger partial charge in [0.15, 0.2) is 11.3 Å². The molecular formula is C46H41N11O22S8. The molecule has 0 aliphatic rings. The highest BCUT2D eigenvalue weighted by molar-refractivity contribution is 7.99. The van der Waals surface area contributed by atoms with Crippen molar-refractivity contribution in [1.82, 2.24) is 14.4 Å². The van der Waals surface area contributed by atoms with E-state index < -0.39 is 95.5 Å². The third kappa shape index (κ3) is 18.2. The van der Waals surface area contributed by atoms with Gasteiger partial charge in [0.25, 0.3) is 40.5 Å². The molecule has 8 rings (SSSR count). The molecule has 0 aliphatic carbocycles. The number of thioether (sulfide) groups is 1. The molecule has 0 radical (unpaired) electrons. The molecule has 460 valence electrons.